The first-order chi connectivity index (χ1) is 28.6. The molecule has 3 aromatic heterocycles. The molecule has 5 heteroatoms. The van der Waals surface area contributed by atoms with Crippen molar-refractivity contribution in [2.45, 2.75) is 19.0 Å². The van der Waals surface area contributed by atoms with Gasteiger partial charge in [-0.05, 0) is 48.7 Å². The van der Waals surface area contributed by atoms with Gasteiger partial charge in [-0.3, -0.25) is 4.57 Å². The van der Waals surface area contributed by atoms with E-state index in [2.05, 4.69) is 146 Å². The number of hydrogen-bond donors (Lipinski definition) is 0. The lowest BCUT2D eigenvalue weighted by Crippen LogP contribution is -2.28. The van der Waals surface area contributed by atoms with Gasteiger partial charge in [0.25, 0.3) is 0 Å². The summed E-state index contributed by atoms with van der Waals surface area (Å²) >= 11 is 0. The number of aromatic nitrogens is 4. The van der Waals surface area contributed by atoms with Crippen LogP contribution in [-0.4, -0.2) is 19.5 Å². The highest BCUT2D eigenvalue weighted by Crippen LogP contribution is 2.70. The number of fused-ring (bicyclic) bond motifs is 6. The molecule has 2 aliphatic rings. The number of hydrogen-bond acceptors (Lipinski definition) is 3. The predicted molar refractivity (Wildman–Crippen MR) is 243 cm³/mol. The summed E-state index contributed by atoms with van der Waals surface area (Å²) in [5.74, 6) is 7.55. The summed E-state index contributed by atoms with van der Waals surface area (Å²) in [5, 5.41) is 1.90. The molecule has 1 aliphatic heterocycles. The Morgan fingerprint density at radius 2 is 1.22 bits per heavy atom. The Kier molecular flexibility index (Phi) is 8.56. The third-order valence-corrected chi connectivity index (χ3v) is 14.2. The minimum atomic E-state index is -1.13. The smallest absolute Gasteiger partial charge is 0.234 e. The van der Waals surface area contributed by atoms with Gasteiger partial charge in [-0.1, -0.05) is 164 Å². The molecule has 2 atom stereocenters. The molecule has 2 unspecified atom stereocenters. The molecule has 0 saturated carbocycles. The molecule has 8 aromatic rings. The molecule has 10 rings (SSSR count). The molecule has 1 aliphatic carbocycles. The zero-order chi connectivity index (χ0) is 39.4. The number of para-hydroxylation sites is 1. The Labute approximate surface area is 340 Å². The lowest BCUT2D eigenvalue weighted by atomic mass is 9.85. The standard InChI is InChI=1S/C53H38N4P/c1-5-20-40-41-28-15-16-29-45(41)53(44(40)7-3)46-30-17-18-31-48(46)57-47(8-4)42(21-6-2)43-33-39(34-58(53)52(43)57)37-26-19-27-38(32-37)51-55-49(35-22-11-9-12-23-35)54-50(56-51)36-24-13-10-14-25-36/h4-7,9-34H,3H2,1-2H3/q+1/b20-5-,21-6-. The normalized spacial score (nSPS) is 15.6. The van der Waals surface area contributed by atoms with E-state index in [1.54, 1.807) is 0 Å². The highest BCUT2D eigenvalue weighted by molar-refractivity contribution is 7.57. The Hall–Kier alpha value is -7.18. The average Bonchev–Trinajstić information content (AvgIpc) is 3.75. The molecular formula is C53H38N4P+. The fourth-order valence-corrected chi connectivity index (χ4v) is 12.4. The molecule has 58 heavy (non-hydrogen) atoms. The van der Waals surface area contributed by atoms with Gasteiger partial charge < -0.3 is 0 Å². The summed E-state index contributed by atoms with van der Waals surface area (Å²) < 4.78 is 2.37. The summed E-state index contributed by atoms with van der Waals surface area (Å²) in [6, 6.07) is 48.9. The Balaban J connectivity index is 1.28. The minimum absolute atomic E-state index is 0.512. The van der Waals surface area contributed by atoms with Gasteiger partial charge in [-0.15, -0.1) is 6.42 Å². The van der Waals surface area contributed by atoms with Crippen molar-refractivity contribution in [1.82, 2.24) is 19.5 Å². The van der Waals surface area contributed by atoms with E-state index in [1.807, 2.05) is 60.7 Å². The molecule has 274 valence electrons. The Bertz CT molecular complexity index is 3050. The van der Waals surface area contributed by atoms with Crippen LogP contribution in [0.25, 0.3) is 73.3 Å². The van der Waals surface area contributed by atoms with Crippen molar-refractivity contribution in [3.63, 3.8) is 0 Å². The van der Waals surface area contributed by atoms with Crippen LogP contribution < -0.4 is 0 Å². The fraction of sp³-hybridized carbons (Fsp3) is 0.0566. The van der Waals surface area contributed by atoms with Crippen LogP contribution >= 0.6 is 7.53 Å². The molecule has 4 nitrogen and oxygen atoms in total. The van der Waals surface area contributed by atoms with E-state index in [4.69, 9.17) is 21.4 Å². The quantitative estimate of drug-likeness (QED) is 0.152. The first-order valence-corrected chi connectivity index (χ1v) is 20.9. The van der Waals surface area contributed by atoms with E-state index in [9.17, 15) is 0 Å². The van der Waals surface area contributed by atoms with E-state index in [0.717, 1.165) is 50.1 Å². The molecule has 5 aromatic carbocycles. The van der Waals surface area contributed by atoms with Crippen LogP contribution in [0.1, 0.15) is 41.8 Å². The maximum Gasteiger partial charge on any atom is 0.234 e. The van der Waals surface area contributed by atoms with Crippen LogP contribution in [0.5, 0.6) is 0 Å². The van der Waals surface area contributed by atoms with E-state index in [1.165, 1.54) is 33.1 Å². The third-order valence-electron chi connectivity index (χ3n) is 11.4. The summed E-state index contributed by atoms with van der Waals surface area (Å²) in [6.07, 6.45) is 17.2. The topological polar surface area (TPSA) is 43.6 Å². The highest BCUT2D eigenvalue weighted by atomic mass is 31.1. The minimum Gasteiger partial charge on any atom is -0.266 e. The number of rotatable bonds is 7. The van der Waals surface area contributed by atoms with Crippen molar-refractivity contribution in [3.8, 4) is 63.3 Å². The van der Waals surface area contributed by atoms with Crippen molar-refractivity contribution < 1.29 is 0 Å². The third kappa shape index (κ3) is 5.18. The number of allylic oxidation sites excluding steroid dienone is 6. The van der Waals surface area contributed by atoms with Crippen molar-refractivity contribution in [1.29, 1.82) is 0 Å². The fourth-order valence-electron chi connectivity index (χ4n) is 9.05. The monoisotopic (exact) mass is 761 g/mol. The van der Waals surface area contributed by atoms with Gasteiger partial charge >= 0.3 is 0 Å². The van der Waals surface area contributed by atoms with Gasteiger partial charge in [-0.2, -0.15) is 0 Å². The van der Waals surface area contributed by atoms with E-state index in [0.29, 0.717) is 17.5 Å². The van der Waals surface area contributed by atoms with Gasteiger partial charge in [0, 0.05) is 44.5 Å². The maximum atomic E-state index is 6.49. The second-order valence-corrected chi connectivity index (χ2v) is 16.6. The van der Waals surface area contributed by atoms with Crippen LogP contribution in [0.2, 0.25) is 0 Å². The second-order valence-electron chi connectivity index (χ2n) is 14.5. The van der Waals surface area contributed by atoms with E-state index in [-0.39, 0.29) is 0 Å². The van der Waals surface area contributed by atoms with Gasteiger partial charge in [0.2, 0.25) is 10.4 Å². The number of benzene rings is 5. The summed E-state index contributed by atoms with van der Waals surface area (Å²) in [5.41, 5.74) is 14.2. The first kappa shape index (κ1) is 35.2. The Morgan fingerprint density at radius 3 is 1.88 bits per heavy atom. The molecule has 1 spiro atoms. The zero-order valence-corrected chi connectivity index (χ0v) is 33.2. The SMILES string of the molecule is C#Cc1c(/C=C\C)c2cc(-c3cccc(-c4nc(-c5ccccc5)nc(-c5ccccc5)n4)c3)c[p+]3c2n1-c1ccccc1C31C(C=C)=C(/C=C\C)c2ccccc21. The number of nitrogens with zero attached hydrogens (tertiary/aromatic N) is 4. The van der Waals surface area contributed by atoms with Gasteiger partial charge in [0.1, 0.15) is 11.5 Å². The zero-order valence-electron chi connectivity index (χ0n) is 32.3. The molecule has 0 N–H and O–H groups in total. The second kappa shape index (κ2) is 14.1. The van der Waals surface area contributed by atoms with Crippen molar-refractivity contribution >= 4 is 29.8 Å². The molecule has 0 amide bonds. The first-order valence-electron chi connectivity index (χ1n) is 19.5. The van der Waals surface area contributed by atoms with Crippen LogP contribution in [0.3, 0.4) is 0 Å². The Morgan fingerprint density at radius 1 is 0.638 bits per heavy atom. The van der Waals surface area contributed by atoms with E-state index < -0.39 is 12.7 Å². The predicted octanol–water partition coefficient (Wildman–Crippen LogP) is 13.4. The van der Waals surface area contributed by atoms with Crippen molar-refractivity contribution in [2.24, 2.45) is 0 Å². The largest absolute Gasteiger partial charge is 0.266 e. The van der Waals surface area contributed by atoms with Crippen LogP contribution in [0.15, 0.2) is 182 Å². The lowest BCUT2D eigenvalue weighted by Gasteiger charge is -2.32. The molecule has 0 bridgehead atoms. The van der Waals surface area contributed by atoms with Gasteiger partial charge in [-0.25, -0.2) is 15.0 Å². The summed E-state index contributed by atoms with van der Waals surface area (Å²) in [4.78, 5) is 15.1. The molecule has 0 radical (unpaired) electrons. The number of terminal acetylenes is 1. The molecule has 0 fully saturated rings. The molecule has 0 saturated heterocycles. The van der Waals surface area contributed by atoms with Gasteiger partial charge in [0.05, 0.1) is 11.1 Å². The average molecular weight is 762 g/mol. The summed E-state index contributed by atoms with van der Waals surface area (Å²) in [7, 11) is -1.13. The van der Waals surface area contributed by atoms with Crippen molar-refractivity contribution in [3.05, 3.63) is 210 Å². The maximum absolute atomic E-state index is 6.49. The molecule has 4 heterocycles. The van der Waals surface area contributed by atoms with Crippen LogP contribution in [0.4, 0.5) is 0 Å². The van der Waals surface area contributed by atoms with Gasteiger partial charge in [0.15, 0.2) is 25.0 Å². The molecular weight excluding hydrogens is 724 g/mol. The summed E-state index contributed by atoms with van der Waals surface area (Å²) in [6.45, 7) is 8.66. The highest BCUT2D eigenvalue weighted by Gasteiger charge is 2.59. The lowest BCUT2D eigenvalue weighted by molar-refractivity contribution is 0.876. The van der Waals surface area contributed by atoms with E-state index >= 15 is 0 Å². The van der Waals surface area contributed by atoms with Crippen LogP contribution in [0, 0.1) is 12.3 Å². The van der Waals surface area contributed by atoms with Crippen molar-refractivity contribution in [2.75, 3.05) is 0 Å². The van der Waals surface area contributed by atoms with Crippen LogP contribution in [-0.2, 0) is 5.16 Å².